The zero-order chi connectivity index (χ0) is 17.4. The number of aryl methyl sites for hydroxylation is 1. The third-order valence-electron chi connectivity index (χ3n) is 3.71. The average molecular weight is 325 g/mol. The van der Waals surface area contributed by atoms with E-state index < -0.39 is 0 Å². The minimum absolute atomic E-state index is 0.0628. The quantitative estimate of drug-likeness (QED) is 0.850. The van der Waals surface area contributed by atoms with Crippen molar-refractivity contribution < 1.29 is 9.59 Å². The first-order valence-corrected chi connectivity index (χ1v) is 8.02. The third kappa shape index (κ3) is 5.83. The predicted molar refractivity (Wildman–Crippen MR) is 93.0 cm³/mol. The monoisotopic (exact) mass is 325 g/mol. The molecule has 1 heterocycles. The Balaban J connectivity index is 1.80. The molecule has 1 aromatic heterocycles. The highest BCUT2D eigenvalue weighted by molar-refractivity contribution is 5.78. The zero-order valence-electron chi connectivity index (χ0n) is 14.2. The first-order valence-electron chi connectivity index (χ1n) is 8.02. The molecule has 1 aromatic carbocycles. The van der Waals surface area contributed by atoms with E-state index >= 15 is 0 Å². The van der Waals surface area contributed by atoms with Crippen LogP contribution in [0.5, 0.6) is 0 Å². The Morgan fingerprint density at radius 1 is 1.17 bits per heavy atom. The molecular formula is C19H23N3O2. The van der Waals surface area contributed by atoms with Crippen molar-refractivity contribution in [2.45, 2.75) is 33.4 Å². The van der Waals surface area contributed by atoms with Crippen LogP contribution in [0.2, 0.25) is 0 Å². The van der Waals surface area contributed by atoms with Crippen molar-refractivity contribution in [2.75, 3.05) is 6.54 Å². The maximum atomic E-state index is 12.0. The van der Waals surface area contributed by atoms with E-state index in [0.717, 1.165) is 11.3 Å². The van der Waals surface area contributed by atoms with Gasteiger partial charge in [-0.25, -0.2) is 0 Å². The Bertz CT molecular complexity index is 686. The number of carbonyl (C=O) groups is 2. The van der Waals surface area contributed by atoms with Gasteiger partial charge in [-0.2, -0.15) is 0 Å². The molecule has 0 saturated carbocycles. The molecule has 0 saturated heterocycles. The molecule has 5 nitrogen and oxygen atoms in total. The second-order valence-corrected chi connectivity index (χ2v) is 5.78. The lowest BCUT2D eigenvalue weighted by atomic mass is 10.1. The summed E-state index contributed by atoms with van der Waals surface area (Å²) in [5.41, 5.74) is 3.05. The normalized spacial score (nSPS) is 10.2. The topological polar surface area (TPSA) is 62.3 Å². The van der Waals surface area contributed by atoms with Crippen LogP contribution in [0.25, 0.3) is 0 Å². The number of pyridine rings is 1. The van der Waals surface area contributed by atoms with E-state index in [1.54, 1.807) is 11.1 Å². The van der Waals surface area contributed by atoms with Gasteiger partial charge in [0.25, 0.3) is 0 Å². The maximum absolute atomic E-state index is 12.0. The van der Waals surface area contributed by atoms with Gasteiger partial charge in [0.05, 0.1) is 12.2 Å². The molecule has 0 aliphatic rings. The molecule has 24 heavy (non-hydrogen) atoms. The van der Waals surface area contributed by atoms with Gasteiger partial charge >= 0.3 is 0 Å². The summed E-state index contributed by atoms with van der Waals surface area (Å²) in [5, 5.41) is 2.89. The molecule has 0 radical (unpaired) electrons. The van der Waals surface area contributed by atoms with Crippen molar-refractivity contribution in [3.05, 3.63) is 65.5 Å². The van der Waals surface area contributed by atoms with E-state index in [0.29, 0.717) is 19.6 Å². The van der Waals surface area contributed by atoms with Gasteiger partial charge in [-0.1, -0.05) is 35.9 Å². The van der Waals surface area contributed by atoms with Crippen molar-refractivity contribution in [2.24, 2.45) is 0 Å². The van der Waals surface area contributed by atoms with Crippen LogP contribution < -0.4 is 5.32 Å². The largest absolute Gasteiger partial charge is 0.352 e. The highest BCUT2D eigenvalue weighted by Gasteiger charge is 2.12. The van der Waals surface area contributed by atoms with Gasteiger partial charge in [0.15, 0.2) is 0 Å². The molecule has 1 N–H and O–H groups in total. The standard InChI is InChI=1S/C19H23N3O2/c1-15-6-5-7-17(12-15)13-21-19(24)9-11-22(16(2)23)14-18-8-3-4-10-20-18/h3-8,10,12H,9,11,13-14H2,1-2H3,(H,21,24). The lowest BCUT2D eigenvalue weighted by Crippen LogP contribution is -2.33. The predicted octanol–water partition coefficient (Wildman–Crippen LogP) is 2.45. The first kappa shape index (κ1) is 17.7. The third-order valence-corrected chi connectivity index (χ3v) is 3.71. The Morgan fingerprint density at radius 2 is 2.00 bits per heavy atom. The van der Waals surface area contributed by atoms with E-state index in [4.69, 9.17) is 0 Å². The zero-order valence-corrected chi connectivity index (χ0v) is 14.2. The number of carbonyl (C=O) groups excluding carboxylic acids is 2. The van der Waals surface area contributed by atoms with Gasteiger partial charge in [-0.05, 0) is 24.6 Å². The van der Waals surface area contributed by atoms with E-state index in [9.17, 15) is 9.59 Å². The van der Waals surface area contributed by atoms with E-state index in [2.05, 4.69) is 10.3 Å². The molecule has 0 bridgehead atoms. The molecule has 0 aliphatic heterocycles. The number of benzene rings is 1. The summed E-state index contributed by atoms with van der Waals surface area (Å²) in [6, 6.07) is 13.6. The fraction of sp³-hybridized carbons (Fsp3) is 0.316. The van der Waals surface area contributed by atoms with Crippen LogP contribution in [-0.2, 0) is 22.7 Å². The number of aromatic nitrogens is 1. The number of hydrogen-bond donors (Lipinski definition) is 1. The van der Waals surface area contributed by atoms with Gasteiger partial charge in [0.1, 0.15) is 0 Å². The Morgan fingerprint density at radius 3 is 2.67 bits per heavy atom. The summed E-state index contributed by atoms with van der Waals surface area (Å²) in [6.45, 7) is 4.83. The number of hydrogen-bond acceptors (Lipinski definition) is 3. The molecule has 0 aliphatic carbocycles. The van der Waals surface area contributed by atoms with E-state index in [-0.39, 0.29) is 18.2 Å². The minimum atomic E-state index is -0.0659. The van der Waals surface area contributed by atoms with Crippen LogP contribution in [-0.4, -0.2) is 28.2 Å². The van der Waals surface area contributed by atoms with Crippen LogP contribution in [0.1, 0.15) is 30.2 Å². The lowest BCUT2D eigenvalue weighted by Gasteiger charge is -2.20. The van der Waals surface area contributed by atoms with Gasteiger partial charge in [0.2, 0.25) is 11.8 Å². The Hall–Kier alpha value is -2.69. The molecule has 0 fully saturated rings. The van der Waals surface area contributed by atoms with E-state index in [1.807, 2.05) is 49.4 Å². The average Bonchev–Trinajstić information content (AvgIpc) is 2.57. The number of nitrogens with one attached hydrogen (secondary N) is 1. The highest BCUT2D eigenvalue weighted by atomic mass is 16.2. The molecule has 2 amide bonds. The second-order valence-electron chi connectivity index (χ2n) is 5.78. The van der Waals surface area contributed by atoms with Crippen molar-refractivity contribution in [1.82, 2.24) is 15.2 Å². The molecule has 126 valence electrons. The molecule has 0 unspecified atom stereocenters. The van der Waals surface area contributed by atoms with Crippen molar-refractivity contribution >= 4 is 11.8 Å². The van der Waals surface area contributed by atoms with Crippen LogP contribution in [0.3, 0.4) is 0 Å². The van der Waals surface area contributed by atoms with Crippen molar-refractivity contribution in [3.63, 3.8) is 0 Å². The smallest absolute Gasteiger partial charge is 0.222 e. The summed E-state index contributed by atoms with van der Waals surface area (Å²) in [6.07, 6.45) is 1.97. The van der Waals surface area contributed by atoms with E-state index in [1.165, 1.54) is 12.5 Å². The fourth-order valence-electron chi connectivity index (χ4n) is 2.38. The summed E-state index contributed by atoms with van der Waals surface area (Å²) < 4.78 is 0. The SMILES string of the molecule is CC(=O)N(CCC(=O)NCc1cccc(C)c1)Cc1ccccn1. The summed E-state index contributed by atoms with van der Waals surface area (Å²) >= 11 is 0. The van der Waals surface area contributed by atoms with Crippen LogP contribution in [0.15, 0.2) is 48.7 Å². The number of nitrogens with zero attached hydrogens (tertiary/aromatic N) is 2. The maximum Gasteiger partial charge on any atom is 0.222 e. The van der Waals surface area contributed by atoms with Crippen LogP contribution in [0, 0.1) is 6.92 Å². The lowest BCUT2D eigenvalue weighted by molar-refractivity contribution is -0.130. The van der Waals surface area contributed by atoms with Gasteiger partial charge in [0, 0.05) is 32.6 Å². The summed E-state index contributed by atoms with van der Waals surface area (Å²) in [7, 11) is 0. The summed E-state index contributed by atoms with van der Waals surface area (Å²) in [4.78, 5) is 29.6. The molecular weight excluding hydrogens is 302 g/mol. The first-order chi connectivity index (χ1) is 11.5. The fourth-order valence-corrected chi connectivity index (χ4v) is 2.38. The van der Waals surface area contributed by atoms with Crippen molar-refractivity contribution in [1.29, 1.82) is 0 Å². The van der Waals surface area contributed by atoms with Gasteiger partial charge in [-0.3, -0.25) is 14.6 Å². The molecule has 0 spiro atoms. The number of rotatable bonds is 7. The highest BCUT2D eigenvalue weighted by Crippen LogP contribution is 2.05. The number of amides is 2. The molecule has 0 atom stereocenters. The summed E-state index contributed by atoms with van der Waals surface area (Å²) in [5.74, 6) is -0.129. The van der Waals surface area contributed by atoms with Gasteiger partial charge in [-0.15, -0.1) is 0 Å². The Kier molecular flexibility index (Phi) is 6.49. The molecule has 2 rings (SSSR count). The minimum Gasteiger partial charge on any atom is -0.352 e. The van der Waals surface area contributed by atoms with Crippen molar-refractivity contribution in [3.8, 4) is 0 Å². The second kappa shape index (κ2) is 8.82. The molecule has 5 heteroatoms. The Labute approximate surface area is 142 Å². The van der Waals surface area contributed by atoms with Gasteiger partial charge < -0.3 is 10.2 Å². The van der Waals surface area contributed by atoms with Crippen LogP contribution in [0.4, 0.5) is 0 Å². The van der Waals surface area contributed by atoms with Crippen LogP contribution >= 0.6 is 0 Å². The molecule has 2 aromatic rings.